The molecule has 122 valence electrons. The number of nitrogens with one attached hydrogen (secondary N) is 1. The normalized spacial score (nSPS) is 11.9. The van der Waals surface area contributed by atoms with E-state index in [9.17, 15) is 9.18 Å². The Morgan fingerprint density at radius 3 is 2.75 bits per heavy atom. The molecule has 3 aromatic rings. The van der Waals surface area contributed by atoms with Gasteiger partial charge < -0.3 is 5.32 Å². The number of aromatic nitrogens is 2. The molecule has 6 heteroatoms. The molecule has 1 N–H and O–H groups in total. The van der Waals surface area contributed by atoms with Crippen molar-refractivity contribution in [2.75, 3.05) is 0 Å². The fourth-order valence-corrected chi connectivity index (χ4v) is 3.08. The number of pyridine rings is 1. The Bertz CT molecular complexity index is 818. The van der Waals surface area contributed by atoms with Crippen LogP contribution in [0.5, 0.6) is 0 Å². The average molecular weight is 341 g/mol. The fraction of sp³-hybridized carbons (Fsp3) is 0.167. The van der Waals surface area contributed by atoms with Gasteiger partial charge in [0.1, 0.15) is 10.8 Å². The van der Waals surface area contributed by atoms with Crippen molar-refractivity contribution < 1.29 is 9.18 Å². The van der Waals surface area contributed by atoms with Crippen molar-refractivity contribution in [3.8, 4) is 10.7 Å². The first-order valence-electron chi connectivity index (χ1n) is 7.52. The van der Waals surface area contributed by atoms with Crippen LogP contribution >= 0.6 is 11.3 Å². The number of halogens is 1. The van der Waals surface area contributed by atoms with Gasteiger partial charge >= 0.3 is 0 Å². The molecule has 2 heterocycles. The highest BCUT2D eigenvalue weighted by Crippen LogP contribution is 2.21. The van der Waals surface area contributed by atoms with Gasteiger partial charge in [-0.1, -0.05) is 18.2 Å². The Labute approximate surface area is 143 Å². The average Bonchev–Trinajstić information content (AvgIpc) is 3.04. The monoisotopic (exact) mass is 341 g/mol. The van der Waals surface area contributed by atoms with Crippen LogP contribution in [0.25, 0.3) is 10.7 Å². The minimum absolute atomic E-state index is 0.121. The molecule has 1 amide bonds. The van der Waals surface area contributed by atoms with Crippen molar-refractivity contribution in [1.29, 1.82) is 0 Å². The first-order chi connectivity index (χ1) is 11.6. The van der Waals surface area contributed by atoms with Crippen LogP contribution in [-0.2, 0) is 11.2 Å². The molecule has 0 radical (unpaired) electrons. The maximum Gasteiger partial charge on any atom is 0.226 e. The molecule has 0 aliphatic rings. The lowest BCUT2D eigenvalue weighted by molar-refractivity contribution is -0.121. The van der Waals surface area contributed by atoms with Crippen molar-refractivity contribution in [3.05, 3.63) is 71.1 Å². The van der Waals surface area contributed by atoms with Gasteiger partial charge in [0.2, 0.25) is 5.91 Å². The standard InChI is InChI=1S/C18H16FN3OS/c1-12(13-5-7-14(19)8-6-13)21-17(23)10-15-11-24-18(22-15)16-4-2-3-9-20-16/h2-9,11-12H,10H2,1H3,(H,21,23). The number of hydrogen-bond donors (Lipinski definition) is 1. The smallest absolute Gasteiger partial charge is 0.226 e. The lowest BCUT2D eigenvalue weighted by atomic mass is 10.1. The summed E-state index contributed by atoms with van der Waals surface area (Å²) in [6.45, 7) is 1.87. The maximum absolute atomic E-state index is 12.9. The minimum Gasteiger partial charge on any atom is -0.349 e. The molecule has 4 nitrogen and oxygen atoms in total. The molecular weight excluding hydrogens is 325 g/mol. The maximum atomic E-state index is 12.9. The Balaban J connectivity index is 1.61. The van der Waals surface area contributed by atoms with Crippen LogP contribution in [0.1, 0.15) is 24.2 Å². The zero-order valence-electron chi connectivity index (χ0n) is 13.1. The molecule has 0 fully saturated rings. The molecule has 0 spiro atoms. The largest absolute Gasteiger partial charge is 0.349 e. The van der Waals surface area contributed by atoms with Crippen LogP contribution in [0, 0.1) is 5.82 Å². The summed E-state index contributed by atoms with van der Waals surface area (Å²) in [6.07, 6.45) is 1.92. The summed E-state index contributed by atoms with van der Waals surface area (Å²) < 4.78 is 12.9. The van der Waals surface area contributed by atoms with Gasteiger partial charge in [-0.3, -0.25) is 9.78 Å². The number of carbonyl (C=O) groups excluding carboxylic acids is 1. The van der Waals surface area contributed by atoms with Crippen molar-refractivity contribution in [2.45, 2.75) is 19.4 Å². The quantitative estimate of drug-likeness (QED) is 0.769. The van der Waals surface area contributed by atoms with Crippen LogP contribution in [-0.4, -0.2) is 15.9 Å². The number of amides is 1. The highest BCUT2D eigenvalue weighted by Gasteiger charge is 2.13. The number of rotatable bonds is 5. The van der Waals surface area contributed by atoms with Crippen molar-refractivity contribution >= 4 is 17.2 Å². The highest BCUT2D eigenvalue weighted by molar-refractivity contribution is 7.13. The van der Waals surface area contributed by atoms with E-state index >= 15 is 0 Å². The molecule has 0 aliphatic carbocycles. The summed E-state index contributed by atoms with van der Waals surface area (Å²) in [7, 11) is 0. The lowest BCUT2D eigenvalue weighted by Gasteiger charge is -2.13. The third kappa shape index (κ3) is 4.02. The summed E-state index contributed by atoms with van der Waals surface area (Å²) in [4.78, 5) is 20.9. The Morgan fingerprint density at radius 1 is 1.25 bits per heavy atom. The molecule has 2 aromatic heterocycles. The van der Waals surface area contributed by atoms with E-state index in [1.807, 2.05) is 30.5 Å². The van der Waals surface area contributed by atoms with E-state index < -0.39 is 0 Å². The van der Waals surface area contributed by atoms with Gasteiger partial charge in [-0.25, -0.2) is 9.37 Å². The van der Waals surface area contributed by atoms with E-state index in [2.05, 4.69) is 15.3 Å². The fourth-order valence-electron chi connectivity index (χ4n) is 2.29. The summed E-state index contributed by atoms with van der Waals surface area (Å²) >= 11 is 1.47. The molecule has 0 bridgehead atoms. The number of carbonyl (C=O) groups is 1. The lowest BCUT2D eigenvalue weighted by Crippen LogP contribution is -2.28. The number of nitrogens with zero attached hydrogens (tertiary/aromatic N) is 2. The van der Waals surface area contributed by atoms with E-state index in [0.717, 1.165) is 16.3 Å². The first kappa shape index (κ1) is 16.3. The Morgan fingerprint density at radius 2 is 2.04 bits per heavy atom. The van der Waals surface area contributed by atoms with Gasteiger partial charge in [0.25, 0.3) is 0 Å². The van der Waals surface area contributed by atoms with E-state index in [0.29, 0.717) is 5.69 Å². The van der Waals surface area contributed by atoms with E-state index in [1.165, 1.54) is 23.5 Å². The highest BCUT2D eigenvalue weighted by atomic mass is 32.1. The minimum atomic E-state index is -0.290. The summed E-state index contributed by atoms with van der Waals surface area (Å²) in [6, 6.07) is 11.6. The van der Waals surface area contributed by atoms with E-state index in [-0.39, 0.29) is 24.2 Å². The molecule has 24 heavy (non-hydrogen) atoms. The topological polar surface area (TPSA) is 54.9 Å². The third-order valence-corrected chi connectivity index (χ3v) is 4.44. The van der Waals surface area contributed by atoms with Crippen molar-refractivity contribution in [2.24, 2.45) is 0 Å². The van der Waals surface area contributed by atoms with Crippen molar-refractivity contribution in [1.82, 2.24) is 15.3 Å². The van der Waals surface area contributed by atoms with Crippen LogP contribution in [0.2, 0.25) is 0 Å². The summed E-state index contributed by atoms with van der Waals surface area (Å²) in [5.41, 5.74) is 2.37. The second kappa shape index (κ2) is 7.31. The van der Waals surface area contributed by atoms with Crippen LogP contribution < -0.4 is 5.32 Å². The SMILES string of the molecule is CC(NC(=O)Cc1csc(-c2ccccn2)n1)c1ccc(F)cc1. The Hall–Kier alpha value is -2.60. The molecule has 1 atom stereocenters. The van der Waals surface area contributed by atoms with E-state index in [4.69, 9.17) is 0 Å². The first-order valence-corrected chi connectivity index (χ1v) is 8.40. The summed E-state index contributed by atoms with van der Waals surface area (Å²) in [5, 5.41) is 5.56. The van der Waals surface area contributed by atoms with Gasteiger partial charge in [0.05, 0.1) is 23.9 Å². The molecule has 0 saturated heterocycles. The zero-order valence-corrected chi connectivity index (χ0v) is 13.9. The summed E-state index contributed by atoms with van der Waals surface area (Å²) in [5.74, 6) is -0.411. The van der Waals surface area contributed by atoms with Gasteiger partial charge in [-0.15, -0.1) is 11.3 Å². The predicted molar refractivity (Wildman–Crippen MR) is 92.0 cm³/mol. The molecule has 1 unspecified atom stereocenters. The third-order valence-electron chi connectivity index (χ3n) is 3.52. The van der Waals surface area contributed by atoms with E-state index in [1.54, 1.807) is 18.3 Å². The van der Waals surface area contributed by atoms with Gasteiger partial charge in [-0.05, 0) is 36.8 Å². The molecule has 0 saturated carbocycles. The van der Waals surface area contributed by atoms with Gasteiger partial charge in [0, 0.05) is 11.6 Å². The van der Waals surface area contributed by atoms with Crippen LogP contribution in [0.15, 0.2) is 54.0 Å². The predicted octanol–water partition coefficient (Wildman–Crippen LogP) is 3.76. The molecular formula is C18H16FN3OS. The Kier molecular flexibility index (Phi) is 4.96. The second-order valence-electron chi connectivity index (χ2n) is 5.38. The molecule has 0 aliphatic heterocycles. The van der Waals surface area contributed by atoms with Gasteiger partial charge in [-0.2, -0.15) is 0 Å². The molecule has 3 rings (SSSR count). The number of thiazole rings is 1. The number of hydrogen-bond acceptors (Lipinski definition) is 4. The molecule has 1 aromatic carbocycles. The second-order valence-corrected chi connectivity index (χ2v) is 6.23. The van der Waals surface area contributed by atoms with Crippen molar-refractivity contribution in [3.63, 3.8) is 0 Å². The van der Waals surface area contributed by atoms with Gasteiger partial charge in [0.15, 0.2) is 0 Å². The van der Waals surface area contributed by atoms with Crippen LogP contribution in [0.3, 0.4) is 0 Å². The van der Waals surface area contributed by atoms with Crippen LogP contribution in [0.4, 0.5) is 4.39 Å². The zero-order chi connectivity index (χ0) is 16.9. The number of benzene rings is 1.